The zero-order chi connectivity index (χ0) is 26.2. The smallest absolute Gasteiger partial charge is 0.298 e. The van der Waals surface area contributed by atoms with Crippen molar-refractivity contribution < 1.29 is 14.3 Å². The van der Waals surface area contributed by atoms with Gasteiger partial charge in [0.2, 0.25) is 0 Å². The van der Waals surface area contributed by atoms with Gasteiger partial charge >= 0.3 is 0 Å². The van der Waals surface area contributed by atoms with Crippen molar-refractivity contribution in [2.45, 2.75) is 18.9 Å². The summed E-state index contributed by atoms with van der Waals surface area (Å²) in [6.07, 6.45) is 1.26. The van der Waals surface area contributed by atoms with Gasteiger partial charge in [0.25, 0.3) is 11.1 Å². The molecule has 4 aromatic carbocycles. The van der Waals surface area contributed by atoms with Crippen molar-refractivity contribution in [1.82, 2.24) is 14.7 Å². The van der Waals surface area contributed by atoms with E-state index in [0.717, 1.165) is 22.4 Å². The highest BCUT2D eigenvalue weighted by molar-refractivity contribution is 7.07. The zero-order valence-corrected chi connectivity index (χ0v) is 21.7. The van der Waals surface area contributed by atoms with E-state index in [1.54, 1.807) is 31.4 Å². The summed E-state index contributed by atoms with van der Waals surface area (Å²) >= 11 is 1.18. The highest BCUT2D eigenvalue weighted by Gasteiger charge is 2.17. The third-order valence-electron chi connectivity index (χ3n) is 6.04. The van der Waals surface area contributed by atoms with E-state index in [0.29, 0.717) is 35.2 Å². The van der Waals surface area contributed by atoms with Crippen LogP contribution in [-0.2, 0) is 12.8 Å². The highest BCUT2D eigenvalue weighted by Crippen LogP contribution is 2.26. The van der Waals surface area contributed by atoms with Gasteiger partial charge in [0, 0.05) is 23.5 Å². The molecule has 1 atom stereocenters. The number of benzene rings is 4. The number of ether oxygens (including phenoxy) is 2. The van der Waals surface area contributed by atoms with Gasteiger partial charge in [-0.2, -0.15) is 9.36 Å². The standard InChI is InChI=1S/C31H27N3O3S/c1-36-26-16-8-12-23(18-26)20-29-33-31(38-34-29)37-27-17-9-15-25(21-27)30(35)32-28(24-13-6-3-7-14-24)19-22-10-4-2-5-11-22/h2-18,21,28H,19-20H2,1H3,(H,32,35). The van der Waals surface area contributed by atoms with Crippen LogP contribution in [0.4, 0.5) is 0 Å². The quantitative estimate of drug-likeness (QED) is 0.223. The molecule has 6 nitrogen and oxygen atoms in total. The monoisotopic (exact) mass is 521 g/mol. The molecule has 0 spiro atoms. The molecule has 190 valence electrons. The Balaban J connectivity index is 1.27. The van der Waals surface area contributed by atoms with E-state index in [9.17, 15) is 4.79 Å². The first-order chi connectivity index (χ1) is 18.7. The summed E-state index contributed by atoms with van der Waals surface area (Å²) in [5.41, 5.74) is 3.77. The number of rotatable bonds is 10. The Morgan fingerprint density at radius 3 is 2.34 bits per heavy atom. The lowest BCUT2D eigenvalue weighted by Crippen LogP contribution is -2.30. The molecule has 0 radical (unpaired) electrons. The number of hydrogen-bond acceptors (Lipinski definition) is 6. The fraction of sp³-hybridized carbons (Fsp3) is 0.129. The van der Waals surface area contributed by atoms with Crippen molar-refractivity contribution in [1.29, 1.82) is 0 Å². The average molecular weight is 522 g/mol. The SMILES string of the molecule is COc1cccc(Cc2nsc(Oc3cccc(C(=O)NC(Cc4ccccc4)c4ccccc4)c3)n2)c1. The van der Waals surface area contributed by atoms with Crippen molar-refractivity contribution in [3.05, 3.63) is 137 Å². The number of methoxy groups -OCH3 is 1. The van der Waals surface area contributed by atoms with Gasteiger partial charge < -0.3 is 14.8 Å². The van der Waals surface area contributed by atoms with Gasteiger partial charge in [-0.25, -0.2) is 0 Å². The molecule has 0 aliphatic heterocycles. The molecule has 1 heterocycles. The van der Waals surface area contributed by atoms with Crippen molar-refractivity contribution >= 4 is 17.4 Å². The zero-order valence-electron chi connectivity index (χ0n) is 20.9. The van der Waals surface area contributed by atoms with Gasteiger partial charge in [-0.05, 0) is 53.4 Å². The lowest BCUT2D eigenvalue weighted by molar-refractivity contribution is 0.0936. The lowest BCUT2D eigenvalue weighted by Gasteiger charge is -2.20. The summed E-state index contributed by atoms with van der Waals surface area (Å²) in [5, 5.41) is 3.62. The van der Waals surface area contributed by atoms with E-state index in [-0.39, 0.29) is 11.9 Å². The van der Waals surface area contributed by atoms with Crippen LogP contribution in [0.1, 0.15) is 38.9 Å². The van der Waals surface area contributed by atoms with Gasteiger partial charge in [-0.15, -0.1) is 0 Å². The summed E-state index contributed by atoms with van der Waals surface area (Å²) < 4.78 is 15.7. The maximum absolute atomic E-state index is 13.3. The molecule has 0 fully saturated rings. The molecular formula is C31H27N3O3S. The van der Waals surface area contributed by atoms with E-state index in [2.05, 4.69) is 26.8 Å². The Kier molecular flexibility index (Phi) is 8.06. The number of carbonyl (C=O) groups excluding carboxylic acids is 1. The number of nitrogens with zero attached hydrogens (tertiary/aromatic N) is 2. The van der Waals surface area contributed by atoms with E-state index in [1.807, 2.05) is 72.8 Å². The number of hydrogen-bond donors (Lipinski definition) is 1. The Labute approximate surface area is 226 Å². The Morgan fingerprint density at radius 2 is 1.55 bits per heavy atom. The molecule has 5 aromatic rings. The molecule has 7 heteroatoms. The third-order valence-corrected chi connectivity index (χ3v) is 6.67. The van der Waals surface area contributed by atoms with Gasteiger partial charge in [0.1, 0.15) is 11.5 Å². The molecule has 0 aliphatic carbocycles. The molecule has 5 rings (SSSR count). The first kappa shape index (κ1) is 25.2. The topological polar surface area (TPSA) is 73.3 Å². The van der Waals surface area contributed by atoms with Crippen molar-refractivity contribution in [3.8, 4) is 16.7 Å². The van der Waals surface area contributed by atoms with Crippen LogP contribution in [0.25, 0.3) is 0 Å². The molecule has 0 saturated heterocycles. The summed E-state index contributed by atoms with van der Waals surface area (Å²) in [4.78, 5) is 17.8. The van der Waals surface area contributed by atoms with E-state index < -0.39 is 0 Å². The minimum atomic E-state index is -0.170. The lowest BCUT2D eigenvalue weighted by atomic mass is 9.98. The van der Waals surface area contributed by atoms with E-state index in [1.165, 1.54) is 11.5 Å². The predicted octanol–water partition coefficient (Wildman–Crippen LogP) is 6.64. The number of nitrogens with one attached hydrogen (secondary N) is 1. The average Bonchev–Trinajstić information content (AvgIpc) is 3.40. The first-order valence-electron chi connectivity index (χ1n) is 12.3. The summed E-state index contributed by atoms with van der Waals surface area (Å²) in [6, 6.07) is 34.9. The second kappa shape index (κ2) is 12.2. The van der Waals surface area contributed by atoms with E-state index >= 15 is 0 Å². The molecule has 38 heavy (non-hydrogen) atoms. The molecule has 1 amide bonds. The van der Waals surface area contributed by atoms with Crippen molar-refractivity contribution in [2.24, 2.45) is 0 Å². The Morgan fingerprint density at radius 1 is 0.842 bits per heavy atom. The van der Waals surface area contributed by atoms with E-state index in [4.69, 9.17) is 9.47 Å². The minimum absolute atomic E-state index is 0.169. The van der Waals surface area contributed by atoms with Crippen LogP contribution in [-0.4, -0.2) is 22.4 Å². The maximum atomic E-state index is 13.3. The maximum Gasteiger partial charge on any atom is 0.298 e. The normalized spacial score (nSPS) is 11.5. The molecule has 1 unspecified atom stereocenters. The fourth-order valence-electron chi connectivity index (χ4n) is 4.15. The summed E-state index contributed by atoms with van der Waals surface area (Å²) in [6.45, 7) is 0. The van der Waals surface area contributed by atoms with Crippen LogP contribution in [0, 0.1) is 0 Å². The van der Waals surface area contributed by atoms with Crippen molar-refractivity contribution in [2.75, 3.05) is 7.11 Å². The summed E-state index contributed by atoms with van der Waals surface area (Å²) in [7, 11) is 1.64. The van der Waals surface area contributed by atoms with Crippen LogP contribution in [0.15, 0.2) is 109 Å². The fourth-order valence-corrected chi connectivity index (χ4v) is 4.72. The number of aromatic nitrogens is 2. The largest absolute Gasteiger partial charge is 0.497 e. The van der Waals surface area contributed by atoms with Crippen LogP contribution in [0.3, 0.4) is 0 Å². The second-order valence-electron chi connectivity index (χ2n) is 8.76. The van der Waals surface area contributed by atoms with Crippen molar-refractivity contribution in [3.63, 3.8) is 0 Å². The van der Waals surface area contributed by atoms with Crippen LogP contribution in [0.2, 0.25) is 0 Å². The third kappa shape index (κ3) is 6.63. The first-order valence-corrected chi connectivity index (χ1v) is 13.1. The molecule has 0 aliphatic rings. The Bertz CT molecular complexity index is 1490. The second-order valence-corrected chi connectivity index (χ2v) is 9.48. The van der Waals surface area contributed by atoms with Gasteiger partial charge in [-0.3, -0.25) is 4.79 Å². The molecule has 0 saturated carbocycles. The van der Waals surface area contributed by atoms with Crippen LogP contribution >= 0.6 is 11.5 Å². The molecule has 1 N–H and O–H groups in total. The Hall–Kier alpha value is -4.49. The van der Waals surface area contributed by atoms with Crippen LogP contribution < -0.4 is 14.8 Å². The molecule has 1 aromatic heterocycles. The van der Waals surface area contributed by atoms with Crippen LogP contribution in [0.5, 0.6) is 16.7 Å². The predicted molar refractivity (Wildman–Crippen MR) is 149 cm³/mol. The summed E-state index contributed by atoms with van der Waals surface area (Å²) in [5.74, 6) is 1.82. The van der Waals surface area contributed by atoms with Gasteiger partial charge in [0.15, 0.2) is 5.82 Å². The van der Waals surface area contributed by atoms with Gasteiger partial charge in [-0.1, -0.05) is 78.9 Å². The minimum Gasteiger partial charge on any atom is -0.497 e. The molecular weight excluding hydrogens is 494 g/mol. The molecule has 0 bridgehead atoms. The number of carbonyl (C=O) groups is 1. The van der Waals surface area contributed by atoms with Gasteiger partial charge in [0.05, 0.1) is 13.2 Å². The highest BCUT2D eigenvalue weighted by atomic mass is 32.1. The number of amides is 1.